The van der Waals surface area contributed by atoms with Gasteiger partial charge in [-0.2, -0.15) is 0 Å². The van der Waals surface area contributed by atoms with Crippen molar-refractivity contribution in [3.05, 3.63) is 76.2 Å². The zero-order valence-corrected chi connectivity index (χ0v) is 21.4. The molecule has 7 heteroatoms. The van der Waals surface area contributed by atoms with E-state index in [0.29, 0.717) is 23.4 Å². The van der Waals surface area contributed by atoms with E-state index < -0.39 is 0 Å². The Morgan fingerprint density at radius 1 is 0.946 bits per heavy atom. The number of fused-ring (bicyclic) bond motifs is 1. The van der Waals surface area contributed by atoms with Crippen LogP contribution in [-0.2, 0) is 11.3 Å². The van der Waals surface area contributed by atoms with Gasteiger partial charge in [0.1, 0.15) is 0 Å². The van der Waals surface area contributed by atoms with Crippen LogP contribution in [0.3, 0.4) is 0 Å². The number of ether oxygens (including phenoxy) is 1. The Bertz CT molecular complexity index is 1320. The fourth-order valence-electron chi connectivity index (χ4n) is 5.73. The SMILES string of the molecule is O=C(NCC1CCN(C2CC2)CC1)c1cccc(Cn2ccc3cc(N4CCOCC4)ccc3c2=O)c1. The van der Waals surface area contributed by atoms with Crippen LogP contribution in [0.25, 0.3) is 10.8 Å². The molecule has 1 saturated carbocycles. The first kappa shape index (κ1) is 24.2. The van der Waals surface area contributed by atoms with Gasteiger partial charge in [0.05, 0.1) is 19.8 Å². The molecule has 1 aromatic heterocycles. The fourth-order valence-corrected chi connectivity index (χ4v) is 5.73. The van der Waals surface area contributed by atoms with Crippen LogP contribution in [0.15, 0.2) is 59.5 Å². The minimum absolute atomic E-state index is 0.0153. The summed E-state index contributed by atoms with van der Waals surface area (Å²) in [6.45, 7) is 6.69. The number of likely N-dealkylation sites (tertiary alicyclic amines) is 1. The number of anilines is 1. The number of piperidine rings is 1. The maximum Gasteiger partial charge on any atom is 0.258 e. The molecule has 3 aromatic rings. The van der Waals surface area contributed by atoms with E-state index in [1.807, 2.05) is 48.7 Å². The molecule has 6 rings (SSSR count). The Labute approximate surface area is 218 Å². The maximum absolute atomic E-state index is 13.2. The first-order valence-corrected chi connectivity index (χ1v) is 13.7. The number of pyridine rings is 1. The second kappa shape index (κ2) is 10.7. The van der Waals surface area contributed by atoms with E-state index in [4.69, 9.17) is 4.74 Å². The van der Waals surface area contributed by atoms with Crippen LogP contribution < -0.4 is 15.8 Å². The molecule has 194 valence electrons. The molecule has 1 amide bonds. The van der Waals surface area contributed by atoms with Crippen LogP contribution in [0.1, 0.15) is 41.6 Å². The maximum atomic E-state index is 13.2. The predicted octanol–water partition coefficient (Wildman–Crippen LogP) is 3.49. The number of carbonyl (C=O) groups is 1. The summed E-state index contributed by atoms with van der Waals surface area (Å²) >= 11 is 0. The zero-order valence-electron chi connectivity index (χ0n) is 21.4. The van der Waals surface area contributed by atoms with Gasteiger partial charge in [0.25, 0.3) is 11.5 Å². The third-order valence-electron chi connectivity index (χ3n) is 8.14. The number of hydrogen-bond donors (Lipinski definition) is 1. The molecule has 3 fully saturated rings. The van der Waals surface area contributed by atoms with Gasteiger partial charge in [-0.3, -0.25) is 9.59 Å². The summed E-state index contributed by atoms with van der Waals surface area (Å²) in [5.41, 5.74) is 2.70. The van der Waals surface area contributed by atoms with E-state index in [1.54, 1.807) is 4.57 Å². The predicted molar refractivity (Wildman–Crippen MR) is 146 cm³/mol. The van der Waals surface area contributed by atoms with E-state index in [-0.39, 0.29) is 11.5 Å². The molecule has 2 aromatic carbocycles. The molecule has 0 radical (unpaired) electrons. The monoisotopic (exact) mass is 500 g/mol. The Morgan fingerprint density at radius 3 is 2.54 bits per heavy atom. The summed E-state index contributed by atoms with van der Waals surface area (Å²) in [5, 5.41) is 4.80. The van der Waals surface area contributed by atoms with Crippen molar-refractivity contribution in [2.24, 2.45) is 5.92 Å². The Morgan fingerprint density at radius 2 is 1.76 bits per heavy atom. The number of rotatable bonds is 7. The molecule has 7 nitrogen and oxygen atoms in total. The minimum atomic E-state index is -0.0343. The van der Waals surface area contributed by atoms with Gasteiger partial charge < -0.3 is 24.4 Å². The minimum Gasteiger partial charge on any atom is -0.378 e. The van der Waals surface area contributed by atoms with E-state index in [2.05, 4.69) is 21.2 Å². The largest absolute Gasteiger partial charge is 0.378 e. The lowest BCUT2D eigenvalue weighted by atomic mass is 9.96. The van der Waals surface area contributed by atoms with Crippen LogP contribution >= 0.6 is 0 Å². The topological polar surface area (TPSA) is 66.8 Å². The van der Waals surface area contributed by atoms with Gasteiger partial charge in [-0.25, -0.2) is 0 Å². The molecular weight excluding hydrogens is 464 g/mol. The lowest BCUT2D eigenvalue weighted by Gasteiger charge is -2.32. The van der Waals surface area contributed by atoms with Crippen molar-refractivity contribution >= 4 is 22.4 Å². The van der Waals surface area contributed by atoms with Crippen molar-refractivity contribution in [1.82, 2.24) is 14.8 Å². The molecule has 0 atom stereocenters. The average molecular weight is 501 g/mol. The lowest BCUT2D eigenvalue weighted by molar-refractivity contribution is 0.0934. The van der Waals surface area contributed by atoms with Crippen molar-refractivity contribution in [2.75, 3.05) is 50.8 Å². The summed E-state index contributed by atoms with van der Waals surface area (Å²) in [4.78, 5) is 31.0. The molecule has 3 aliphatic rings. The quantitative estimate of drug-likeness (QED) is 0.538. The fraction of sp³-hybridized carbons (Fsp3) is 0.467. The highest BCUT2D eigenvalue weighted by atomic mass is 16.5. The van der Waals surface area contributed by atoms with Crippen LogP contribution in [0, 0.1) is 5.92 Å². The highest BCUT2D eigenvalue weighted by Crippen LogP contribution is 2.30. The number of nitrogens with one attached hydrogen (secondary N) is 1. The molecule has 0 bridgehead atoms. The Balaban J connectivity index is 1.09. The molecule has 3 heterocycles. The summed E-state index contributed by atoms with van der Waals surface area (Å²) in [6, 6.07) is 16.5. The number of nitrogens with zero attached hydrogens (tertiary/aromatic N) is 3. The smallest absolute Gasteiger partial charge is 0.258 e. The lowest BCUT2D eigenvalue weighted by Crippen LogP contribution is -2.39. The summed E-state index contributed by atoms with van der Waals surface area (Å²) in [7, 11) is 0. The van der Waals surface area contributed by atoms with Gasteiger partial charge in [-0.15, -0.1) is 0 Å². The van der Waals surface area contributed by atoms with Gasteiger partial charge >= 0.3 is 0 Å². The molecule has 0 unspecified atom stereocenters. The van der Waals surface area contributed by atoms with E-state index in [9.17, 15) is 9.59 Å². The standard InChI is InChI=1S/C30H36N4O3/c35-29(31-20-22-8-11-32(12-9-22)26-4-5-26)25-3-1-2-23(18-25)21-34-13-10-24-19-27(6-7-28(24)30(34)36)33-14-16-37-17-15-33/h1-3,6-7,10,13,18-19,22,26H,4-5,8-9,11-12,14-17,20-21H2,(H,31,35). The average Bonchev–Trinajstić information content (AvgIpc) is 3.80. The second-order valence-corrected chi connectivity index (χ2v) is 10.7. The highest BCUT2D eigenvalue weighted by Gasteiger charge is 2.31. The van der Waals surface area contributed by atoms with Gasteiger partial charge in [0.2, 0.25) is 0 Å². The normalized spacial score (nSPS) is 19.3. The summed E-state index contributed by atoms with van der Waals surface area (Å²) in [6.07, 6.45) is 6.90. The Kier molecular flexibility index (Phi) is 6.98. The number of aromatic nitrogens is 1. The van der Waals surface area contributed by atoms with Crippen molar-refractivity contribution < 1.29 is 9.53 Å². The van der Waals surface area contributed by atoms with Gasteiger partial charge in [0.15, 0.2) is 0 Å². The van der Waals surface area contributed by atoms with E-state index >= 15 is 0 Å². The number of benzene rings is 2. The van der Waals surface area contributed by atoms with Gasteiger partial charge in [0, 0.05) is 48.5 Å². The van der Waals surface area contributed by atoms with Crippen molar-refractivity contribution in [1.29, 1.82) is 0 Å². The first-order valence-electron chi connectivity index (χ1n) is 13.7. The molecule has 0 spiro atoms. The third kappa shape index (κ3) is 5.58. The number of morpholine rings is 1. The first-order chi connectivity index (χ1) is 18.1. The number of amides is 1. The van der Waals surface area contributed by atoms with Gasteiger partial charge in [-0.05, 0) is 92.0 Å². The molecule has 1 N–H and O–H groups in total. The second-order valence-electron chi connectivity index (χ2n) is 10.7. The van der Waals surface area contributed by atoms with Crippen molar-refractivity contribution in [3.8, 4) is 0 Å². The summed E-state index contributed by atoms with van der Waals surface area (Å²) < 4.78 is 7.18. The molecule has 2 saturated heterocycles. The van der Waals surface area contributed by atoms with Crippen LogP contribution in [-0.4, -0.2) is 67.4 Å². The highest BCUT2D eigenvalue weighted by molar-refractivity contribution is 5.94. The van der Waals surface area contributed by atoms with Crippen LogP contribution in [0.4, 0.5) is 5.69 Å². The molecule has 2 aliphatic heterocycles. The number of hydrogen-bond acceptors (Lipinski definition) is 5. The number of carbonyl (C=O) groups excluding carboxylic acids is 1. The summed E-state index contributed by atoms with van der Waals surface area (Å²) in [5.74, 6) is 0.523. The van der Waals surface area contributed by atoms with Crippen LogP contribution in [0.2, 0.25) is 0 Å². The van der Waals surface area contributed by atoms with E-state index in [1.165, 1.54) is 12.8 Å². The van der Waals surface area contributed by atoms with E-state index in [0.717, 1.165) is 81.5 Å². The van der Waals surface area contributed by atoms with Crippen LogP contribution in [0.5, 0.6) is 0 Å². The van der Waals surface area contributed by atoms with Crippen molar-refractivity contribution in [3.63, 3.8) is 0 Å². The Hall–Kier alpha value is -3.16. The molecular formula is C30H36N4O3. The van der Waals surface area contributed by atoms with Gasteiger partial charge in [-0.1, -0.05) is 12.1 Å². The van der Waals surface area contributed by atoms with Crippen molar-refractivity contribution in [2.45, 2.75) is 38.3 Å². The molecule has 37 heavy (non-hydrogen) atoms. The third-order valence-corrected chi connectivity index (χ3v) is 8.14. The zero-order chi connectivity index (χ0) is 25.2. The molecule has 1 aliphatic carbocycles.